The summed E-state index contributed by atoms with van der Waals surface area (Å²) in [7, 11) is -3.61. The molecule has 0 heterocycles. The fourth-order valence-corrected chi connectivity index (χ4v) is 3.87. The lowest BCUT2D eigenvalue weighted by molar-refractivity contribution is -0.130. The predicted molar refractivity (Wildman–Crippen MR) is 109 cm³/mol. The Labute approximate surface area is 169 Å². The molecule has 0 amide bonds. The van der Waals surface area contributed by atoms with Crippen molar-refractivity contribution in [3.63, 3.8) is 0 Å². The van der Waals surface area contributed by atoms with E-state index >= 15 is 0 Å². The maximum absolute atomic E-state index is 12.7. The number of carbonyl (C=O) groups excluding carboxylic acids is 1. The number of carbonyl (C=O) groups is 1. The summed E-state index contributed by atoms with van der Waals surface area (Å²) in [6.45, 7) is 5.12. The Kier molecular flexibility index (Phi) is 5.68. The van der Waals surface area contributed by atoms with E-state index < -0.39 is 15.8 Å². The van der Waals surface area contributed by atoms with Crippen LogP contribution in [0.4, 0.5) is 0 Å². The van der Waals surface area contributed by atoms with Gasteiger partial charge in [-0.05, 0) is 66.6 Å². The van der Waals surface area contributed by atoms with Crippen LogP contribution in [0.3, 0.4) is 0 Å². The Bertz CT molecular complexity index is 1110. The Morgan fingerprint density at radius 1 is 0.821 bits per heavy atom. The van der Waals surface area contributed by atoms with Crippen LogP contribution in [0, 0.1) is 0 Å². The fourth-order valence-electron chi connectivity index (χ4n) is 2.49. The van der Waals surface area contributed by atoms with Gasteiger partial charge < -0.3 is 4.74 Å². The number of benzene rings is 3. The minimum absolute atomic E-state index is 0.188. The highest BCUT2D eigenvalue weighted by atomic mass is 35.5. The van der Waals surface area contributed by atoms with Gasteiger partial charge in [-0.1, -0.05) is 42.4 Å². The van der Waals surface area contributed by atoms with Crippen LogP contribution < -0.4 is 4.74 Å². The minimum Gasteiger partial charge on any atom is -0.423 e. The van der Waals surface area contributed by atoms with Gasteiger partial charge in [-0.3, -0.25) is 0 Å². The maximum Gasteiger partial charge on any atom is 0.338 e. The number of hydrogen-bond acceptors (Lipinski definition) is 4. The SMILES string of the molecule is C=C(C)C(=O)Oc1ccc(-c2ccc(S(=O)(=O)c3ccc(Cl)cc3)cc2)cc1. The molecule has 0 aliphatic carbocycles. The highest BCUT2D eigenvalue weighted by Crippen LogP contribution is 2.27. The van der Waals surface area contributed by atoms with Gasteiger partial charge in [0.1, 0.15) is 5.75 Å². The molecule has 0 bridgehead atoms. The molecular formula is C22H17ClO4S. The van der Waals surface area contributed by atoms with Crippen LogP contribution in [0.25, 0.3) is 11.1 Å². The third kappa shape index (κ3) is 4.32. The second kappa shape index (κ2) is 8.00. The van der Waals surface area contributed by atoms with E-state index in [0.29, 0.717) is 16.3 Å². The molecule has 0 aliphatic heterocycles. The molecule has 0 aromatic heterocycles. The van der Waals surface area contributed by atoms with E-state index in [-0.39, 0.29) is 9.79 Å². The van der Waals surface area contributed by atoms with Gasteiger partial charge in [-0.25, -0.2) is 13.2 Å². The van der Waals surface area contributed by atoms with Crippen LogP contribution in [-0.2, 0) is 14.6 Å². The van der Waals surface area contributed by atoms with Crippen molar-refractivity contribution in [2.24, 2.45) is 0 Å². The zero-order valence-corrected chi connectivity index (χ0v) is 16.6. The van der Waals surface area contributed by atoms with Gasteiger partial charge in [0.05, 0.1) is 9.79 Å². The number of ether oxygens (including phenoxy) is 1. The number of esters is 1. The summed E-state index contributed by atoms with van der Waals surface area (Å²) in [5, 5.41) is 0.478. The van der Waals surface area contributed by atoms with E-state index in [9.17, 15) is 13.2 Å². The lowest BCUT2D eigenvalue weighted by Gasteiger charge is -2.08. The molecule has 3 rings (SSSR count). The van der Waals surface area contributed by atoms with Gasteiger partial charge in [0, 0.05) is 10.6 Å². The van der Waals surface area contributed by atoms with Gasteiger partial charge in [0.15, 0.2) is 0 Å². The van der Waals surface area contributed by atoms with Crippen LogP contribution in [0.1, 0.15) is 6.92 Å². The monoisotopic (exact) mass is 412 g/mol. The third-order valence-electron chi connectivity index (χ3n) is 4.04. The van der Waals surface area contributed by atoms with Crippen molar-refractivity contribution in [1.82, 2.24) is 0 Å². The van der Waals surface area contributed by atoms with E-state index in [2.05, 4.69) is 6.58 Å². The van der Waals surface area contributed by atoms with Crippen molar-refractivity contribution in [3.05, 3.63) is 90.0 Å². The zero-order chi connectivity index (χ0) is 20.3. The zero-order valence-electron chi connectivity index (χ0n) is 15.1. The molecule has 3 aromatic carbocycles. The lowest BCUT2D eigenvalue weighted by atomic mass is 10.1. The molecule has 6 heteroatoms. The molecule has 0 unspecified atom stereocenters. The highest BCUT2D eigenvalue weighted by Gasteiger charge is 2.17. The molecule has 28 heavy (non-hydrogen) atoms. The number of sulfone groups is 1. The van der Waals surface area contributed by atoms with Crippen molar-refractivity contribution in [1.29, 1.82) is 0 Å². The van der Waals surface area contributed by atoms with Gasteiger partial charge in [0.25, 0.3) is 0 Å². The Balaban J connectivity index is 1.81. The van der Waals surface area contributed by atoms with Crippen molar-refractivity contribution < 1.29 is 17.9 Å². The summed E-state index contributed by atoms with van der Waals surface area (Å²) in [6.07, 6.45) is 0. The molecular weight excluding hydrogens is 396 g/mol. The van der Waals surface area contributed by atoms with Crippen molar-refractivity contribution in [2.45, 2.75) is 16.7 Å². The fraction of sp³-hybridized carbons (Fsp3) is 0.0455. The maximum atomic E-state index is 12.7. The van der Waals surface area contributed by atoms with E-state index in [0.717, 1.165) is 11.1 Å². The second-order valence-electron chi connectivity index (χ2n) is 6.18. The van der Waals surface area contributed by atoms with Crippen LogP contribution in [0.5, 0.6) is 5.75 Å². The van der Waals surface area contributed by atoms with Gasteiger partial charge >= 0.3 is 5.97 Å². The average molecular weight is 413 g/mol. The summed E-state index contributed by atoms with van der Waals surface area (Å²) >= 11 is 5.82. The lowest BCUT2D eigenvalue weighted by Crippen LogP contribution is -2.07. The molecule has 142 valence electrons. The summed E-state index contributed by atoms with van der Waals surface area (Å²) in [5.41, 5.74) is 2.03. The average Bonchev–Trinajstić information content (AvgIpc) is 2.69. The molecule has 0 aliphatic rings. The van der Waals surface area contributed by atoms with Gasteiger partial charge in [-0.15, -0.1) is 0 Å². The Morgan fingerprint density at radius 3 is 1.71 bits per heavy atom. The summed E-state index contributed by atoms with van der Waals surface area (Å²) in [6, 6.07) is 19.6. The molecule has 4 nitrogen and oxygen atoms in total. The van der Waals surface area contributed by atoms with Crippen LogP contribution in [-0.4, -0.2) is 14.4 Å². The first-order valence-electron chi connectivity index (χ1n) is 8.36. The first-order chi connectivity index (χ1) is 13.3. The van der Waals surface area contributed by atoms with Gasteiger partial charge in [0.2, 0.25) is 9.84 Å². The number of halogens is 1. The molecule has 0 N–H and O–H groups in total. The van der Waals surface area contributed by atoms with Gasteiger partial charge in [-0.2, -0.15) is 0 Å². The summed E-state index contributed by atoms with van der Waals surface area (Å²) in [4.78, 5) is 11.9. The van der Waals surface area contributed by atoms with Crippen LogP contribution in [0.15, 0.2) is 94.7 Å². The Hall–Kier alpha value is -2.89. The van der Waals surface area contributed by atoms with E-state index in [1.165, 1.54) is 12.1 Å². The van der Waals surface area contributed by atoms with Crippen molar-refractivity contribution in [3.8, 4) is 16.9 Å². The molecule has 0 saturated carbocycles. The topological polar surface area (TPSA) is 60.4 Å². The smallest absolute Gasteiger partial charge is 0.338 e. The molecule has 0 fully saturated rings. The standard InChI is InChI=1S/C22H17ClO4S/c1-15(2)22(24)27-19-9-3-16(4-10-19)17-5-11-20(12-6-17)28(25,26)21-13-7-18(23)8-14-21/h3-14H,1H2,2H3. The minimum atomic E-state index is -3.61. The first kappa shape index (κ1) is 19.9. The summed E-state index contributed by atoms with van der Waals surface area (Å²) in [5.74, 6) is -0.0665. The highest BCUT2D eigenvalue weighted by molar-refractivity contribution is 7.91. The van der Waals surface area contributed by atoms with E-state index in [4.69, 9.17) is 16.3 Å². The molecule has 0 saturated heterocycles. The number of hydrogen-bond donors (Lipinski definition) is 0. The molecule has 0 spiro atoms. The van der Waals surface area contributed by atoms with E-state index in [1.54, 1.807) is 67.6 Å². The largest absolute Gasteiger partial charge is 0.423 e. The predicted octanol–water partition coefficient (Wildman–Crippen LogP) is 5.32. The summed E-state index contributed by atoms with van der Waals surface area (Å²) < 4.78 is 30.6. The van der Waals surface area contributed by atoms with Crippen molar-refractivity contribution in [2.75, 3.05) is 0 Å². The molecule has 0 atom stereocenters. The van der Waals surface area contributed by atoms with E-state index in [1.807, 2.05) is 0 Å². The van der Waals surface area contributed by atoms with Crippen LogP contribution in [0.2, 0.25) is 5.02 Å². The first-order valence-corrected chi connectivity index (χ1v) is 10.2. The van der Waals surface area contributed by atoms with Crippen LogP contribution >= 0.6 is 11.6 Å². The molecule has 3 aromatic rings. The Morgan fingerprint density at radius 2 is 1.25 bits per heavy atom. The second-order valence-corrected chi connectivity index (χ2v) is 8.56. The third-order valence-corrected chi connectivity index (χ3v) is 6.07. The number of rotatable bonds is 5. The van der Waals surface area contributed by atoms with Crippen molar-refractivity contribution >= 4 is 27.4 Å². The quantitative estimate of drug-likeness (QED) is 0.323. The normalized spacial score (nSPS) is 11.1. The molecule has 0 radical (unpaired) electrons.